The van der Waals surface area contributed by atoms with Gasteiger partial charge in [0.25, 0.3) is 5.91 Å². The predicted octanol–water partition coefficient (Wildman–Crippen LogP) is 3.93. The van der Waals surface area contributed by atoms with E-state index in [1.165, 1.54) is 29.2 Å². The van der Waals surface area contributed by atoms with Gasteiger partial charge in [-0.05, 0) is 56.7 Å². The number of imide groups is 1. The van der Waals surface area contributed by atoms with Crippen molar-refractivity contribution in [2.45, 2.75) is 26.3 Å². The van der Waals surface area contributed by atoms with E-state index in [4.69, 9.17) is 0 Å². The minimum Gasteiger partial charge on any atom is -0.333 e. The topological polar surface area (TPSA) is 90.9 Å². The molecule has 0 spiro atoms. The van der Waals surface area contributed by atoms with E-state index >= 15 is 0 Å². The molecule has 4 amide bonds. The quantitative estimate of drug-likeness (QED) is 0.685. The van der Waals surface area contributed by atoms with Crippen LogP contribution < -0.4 is 15.5 Å². The SMILES string of the molecule is CC(C)(C)NC(=O)NC(=O)CSC1=N/C(=C\c2ccccc2)C(=O)N1c1ccc(F)cc1. The molecule has 0 fully saturated rings. The molecule has 166 valence electrons. The van der Waals surface area contributed by atoms with Gasteiger partial charge in [0.2, 0.25) is 5.91 Å². The van der Waals surface area contributed by atoms with Crippen molar-refractivity contribution in [1.82, 2.24) is 10.6 Å². The fraction of sp³-hybridized carbons (Fsp3) is 0.217. The highest BCUT2D eigenvalue weighted by molar-refractivity contribution is 8.14. The third kappa shape index (κ3) is 6.27. The van der Waals surface area contributed by atoms with E-state index in [9.17, 15) is 18.8 Å². The van der Waals surface area contributed by atoms with Crippen LogP contribution in [0.5, 0.6) is 0 Å². The van der Waals surface area contributed by atoms with Gasteiger partial charge in [0.15, 0.2) is 5.17 Å². The predicted molar refractivity (Wildman–Crippen MR) is 125 cm³/mol. The largest absolute Gasteiger partial charge is 0.333 e. The molecule has 0 atom stereocenters. The van der Waals surface area contributed by atoms with Crippen LogP contribution in [0.4, 0.5) is 14.9 Å². The smallest absolute Gasteiger partial charge is 0.321 e. The maximum absolute atomic E-state index is 13.4. The molecule has 0 unspecified atom stereocenters. The van der Waals surface area contributed by atoms with Gasteiger partial charge >= 0.3 is 6.03 Å². The molecule has 0 saturated carbocycles. The number of urea groups is 1. The Labute approximate surface area is 189 Å². The number of carbonyl (C=O) groups is 3. The number of amidine groups is 1. The highest BCUT2D eigenvalue weighted by Gasteiger charge is 2.32. The summed E-state index contributed by atoms with van der Waals surface area (Å²) in [6.45, 7) is 5.39. The lowest BCUT2D eigenvalue weighted by Gasteiger charge is -2.20. The van der Waals surface area contributed by atoms with E-state index in [-0.39, 0.29) is 16.6 Å². The molecular formula is C23H23FN4O3S. The Hall–Kier alpha value is -3.46. The van der Waals surface area contributed by atoms with Crippen LogP contribution in [-0.2, 0) is 9.59 Å². The zero-order valence-electron chi connectivity index (χ0n) is 17.9. The number of carbonyl (C=O) groups excluding carboxylic acids is 3. The molecular weight excluding hydrogens is 431 g/mol. The molecule has 2 aromatic carbocycles. The number of rotatable bonds is 4. The number of thioether (sulfide) groups is 1. The molecule has 1 aliphatic heterocycles. The summed E-state index contributed by atoms with van der Waals surface area (Å²) in [5.74, 6) is -1.50. The van der Waals surface area contributed by atoms with Crippen molar-refractivity contribution in [3.8, 4) is 0 Å². The molecule has 2 N–H and O–H groups in total. The Kier molecular flexibility index (Phi) is 7.09. The van der Waals surface area contributed by atoms with Gasteiger partial charge in [-0.3, -0.25) is 19.8 Å². The molecule has 9 heteroatoms. The number of amides is 4. The van der Waals surface area contributed by atoms with Crippen molar-refractivity contribution >= 4 is 46.5 Å². The molecule has 7 nitrogen and oxygen atoms in total. The summed E-state index contributed by atoms with van der Waals surface area (Å²) >= 11 is 1.01. The molecule has 32 heavy (non-hydrogen) atoms. The molecule has 1 heterocycles. The number of aliphatic imine (C=N–C) groups is 1. The lowest BCUT2D eigenvalue weighted by Crippen LogP contribution is -2.48. The maximum Gasteiger partial charge on any atom is 0.321 e. The van der Waals surface area contributed by atoms with Crippen LogP contribution >= 0.6 is 11.8 Å². The monoisotopic (exact) mass is 454 g/mol. The minimum atomic E-state index is -0.604. The van der Waals surface area contributed by atoms with E-state index < -0.39 is 29.2 Å². The summed E-state index contributed by atoms with van der Waals surface area (Å²) in [5.41, 5.74) is 0.913. The van der Waals surface area contributed by atoms with Crippen molar-refractivity contribution in [3.05, 3.63) is 71.7 Å². The number of benzene rings is 2. The van der Waals surface area contributed by atoms with Gasteiger partial charge < -0.3 is 5.32 Å². The molecule has 0 saturated heterocycles. The number of nitrogens with one attached hydrogen (secondary N) is 2. The summed E-state index contributed by atoms with van der Waals surface area (Å²) < 4.78 is 13.4. The number of hydrogen-bond donors (Lipinski definition) is 2. The second-order valence-electron chi connectivity index (χ2n) is 7.99. The molecule has 0 aromatic heterocycles. The molecule has 2 aromatic rings. The Morgan fingerprint density at radius 1 is 1.09 bits per heavy atom. The number of anilines is 1. The average molecular weight is 455 g/mol. The van der Waals surface area contributed by atoms with Crippen LogP contribution in [0.1, 0.15) is 26.3 Å². The average Bonchev–Trinajstić information content (AvgIpc) is 3.01. The van der Waals surface area contributed by atoms with Crippen LogP contribution in [-0.4, -0.2) is 34.3 Å². The third-order valence-corrected chi connectivity index (χ3v) is 5.03. The maximum atomic E-state index is 13.4. The Morgan fingerprint density at radius 2 is 1.75 bits per heavy atom. The summed E-state index contributed by atoms with van der Waals surface area (Å²) in [4.78, 5) is 42.9. The fourth-order valence-corrected chi connectivity index (χ4v) is 3.60. The van der Waals surface area contributed by atoms with Crippen molar-refractivity contribution in [2.75, 3.05) is 10.7 Å². The second-order valence-corrected chi connectivity index (χ2v) is 8.94. The fourth-order valence-electron chi connectivity index (χ4n) is 2.78. The van der Waals surface area contributed by atoms with Crippen molar-refractivity contribution in [2.24, 2.45) is 4.99 Å². The van der Waals surface area contributed by atoms with E-state index in [0.29, 0.717) is 5.69 Å². The first-order valence-corrected chi connectivity index (χ1v) is 10.8. The van der Waals surface area contributed by atoms with Crippen molar-refractivity contribution in [1.29, 1.82) is 0 Å². The normalized spacial score (nSPS) is 15.0. The summed E-state index contributed by atoms with van der Waals surface area (Å²) in [6.07, 6.45) is 1.64. The van der Waals surface area contributed by atoms with E-state index in [1.807, 2.05) is 30.3 Å². The van der Waals surface area contributed by atoms with Gasteiger partial charge in [0, 0.05) is 5.54 Å². The lowest BCUT2D eigenvalue weighted by atomic mass is 10.1. The highest BCUT2D eigenvalue weighted by Crippen LogP contribution is 2.29. The van der Waals surface area contributed by atoms with Crippen LogP contribution in [0.25, 0.3) is 6.08 Å². The molecule has 0 bridgehead atoms. The first-order chi connectivity index (χ1) is 15.1. The first kappa shape index (κ1) is 23.2. The zero-order valence-corrected chi connectivity index (χ0v) is 18.7. The Morgan fingerprint density at radius 3 is 2.38 bits per heavy atom. The summed E-state index contributed by atoms with van der Waals surface area (Å²) in [5, 5.41) is 5.15. The van der Waals surface area contributed by atoms with Crippen molar-refractivity contribution < 1.29 is 18.8 Å². The van der Waals surface area contributed by atoms with E-state index in [1.54, 1.807) is 26.8 Å². The van der Waals surface area contributed by atoms with Crippen LogP contribution in [0.2, 0.25) is 0 Å². The minimum absolute atomic E-state index is 0.139. The second kappa shape index (κ2) is 9.78. The molecule has 1 aliphatic rings. The third-order valence-electron chi connectivity index (χ3n) is 4.09. The summed E-state index contributed by atoms with van der Waals surface area (Å²) in [6, 6.07) is 14.0. The van der Waals surface area contributed by atoms with Crippen LogP contribution in [0.15, 0.2) is 65.3 Å². The Bertz CT molecular complexity index is 1080. The zero-order chi connectivity index (χ0) is 23.3. The number of halogens is 1. The standard InChI is InChI=1S/C23H23FN4O3S/c1-23(2,3)27-21(31)26-19(29)14-32-22-25-18(13-15-7-5-4-6-8-15)20(30)28(22)17-11-9-16(24)10-12-17/h4-13H,14H2,1-3H3,(H2,26,27,29,31)/b18-13-. The molecule has 0 aliphatic carbocycles. The van der Waals surface area contributed by atoms with Gasteiger partial charge in [-0.2, -0.15) is 0 Å². The number of nitrogens with zero attached hydrogens (tertiary/aromatic N) is 2. The molecule has 3 rings (SSSR count). The van der Waals surface area contributed by atoms with Gasteiger partial charge in [-0.15, -0.1) is 0 Å². The van der Waals surface area contributed by atoms with Crippen LogP contribution in [0, 0.1) is 5.82 Å². The van der Waals surface area contributed by atoms with E-state index in [2.05, 4.69) is 15.6 Å². The van der Waals surface area contributed by atoms with Crippen molar-refractivity contribution in [3.63, 3.8) is 0 Å². The van der Waals surface area contributed by atoms with Gasteiger partial charge in [0.1, 0.15) is 11.5 Å². The summed E-state index contributed by atoms with van der Waals surface area (Å²) in [7, 11) is 0. The molecule has 0 radical (unpaired) electrons. The van der Waals surface area contributed by atoms with E-state index in [0.717, 1.165) is 17.3 Å². The number of hydrogen-bond acceptors (Lipinski definition) is 5. The lowest BCUT2D eigenvalue weighted by molar-refractivity contribution is -0.117. The first-order valence-electron chi connectivity index (χ1n) is 9.83. The van der Waals surface area contributed by atoms with Gasteiger partial charge in [-0.25, -0.2) is 14.2 Å². The van der Waals surface area contributed by atoms with Crippen LogP contribution in [0.3, 0.4) is 0 Å². The van der Waals surface area contributed by atoms with Gasteiger partial charge in [-0.1, -0.05) is 42.1 Å². The highest BCUT2D eigenvalue weighted by atomic mass is 32.2. The van der Waals surface area contributed by atoms with Gasteiger partial charge in [0.05, 0.1) is 11.4 Å². The Balaban J connectivity index is 1.79.